The highest BCUT2D eigenvalue weighted by molar-refractivity contribution is 7.08. The summed E-state index contributed by atoms with van der Waals surface area (Å²) in [5.41, 5.74) is 4.93. The number of hydrogen-bond acceptors (Lipinski definition) is 2. The average Bonchev–Trinajstić information content (AvgIpc) is 2.80. The molecule has 0 radical (unpaired) electrons. The fourth-order valence-corrected chi connectivity index (χ4v) is 2.34. The molecular weight excluding hydrogens is 266 g/mol. The van der Waals surface area contributed by atoms with Crippen molar-refractivity contribution < 1.29 is 17.6 Å². The van der Waals surface area contributed by atoms with Gasteiger partial charge in [-0.25, -0.2) is 4.39 Å². The number of alkyl halides is 3. The molecule has 6 heteroatoms. The summed E-state index contributed by atoms with van der Waals surface area (Å²) in [6, 6.07) is 3.91. The van der Waals surface area contributed by atoms with Crippen molar-refractivity contribution in [3.8, 4) is 0 Å². The van der Waals surface area contributed by atoms with Gasteiger partial charge in [-0.05, 0) is 28.5 Å². The number of nitrogens with two attached hydrogens (primary N) is 1. The van der Waals surface area contributed by atoms with Crippen molar-refractivity contribution in [2.24, 2.45) is 5.73 Å². The zero-order valence-electron chi connectivity index (χ0n) is 9.04. The summed E-state index contributed by atoms with van der Waals surface area (Å²) in [7, 11) is 0. The molecule has 0 aliphatic rings. The van der Waals surface area contributed by atoms with Crippen LogP contribution < -0.4 is 5.73 Å². The maximum Gasteiger partial charge on any atom is 0.419 e. The first-order valence-corrected chi connectivity index (χ1v) is 5.99. The molecule has 1 atom stereocenters. The second-order valence-electron chi connectivity index (χ2n) is 3.74. The van der Waals surface area contributed by atoms with Crippen LogP contribution in [0.3, 0.4) is 0 Å². The van der Waals surface area contributed by atoms with Crippen LogP contribution in [0.1, 0.15) is 22.7 Å². The Labute approximate surface area is 105 Å². The highest BCUT2D eigenvalue weighted by Crippen LogP contribution is 2.34. The van der Waals surface area contributed by atoms with E-state index in [1.807, 2.05) is 0 Å². The van der Waals surface area contributed by atoms with Crippen LogP contribution in [0.4, 0.5) is 17.6 Å². The Kier molecular flexibility index (Phi) is 3.41. The minimum absolute atomic E-state index is 0.150. The number of thiophene rings is 1. The monoisotopic (exact) mass is 275 g/mol. The van der Waals surface area contributed by atoms with Gasteiger partial charge in [0.25, 0.3) is 0 Å². The van der Waals surface area contributed by atoms with Gasteiger partial charge in [0.2, 0.25) is 0 Å². The van der Waals surface area contributed by atoms with E-state index < -0.39 is 23.6 Å². The molecule has 0 unspecified atom stereocenters. The normalized spacial score (nSPS) is 13.6. The Morgan fingerprint density at radius 2 is 1.89 bits per heavy atom. The van der Waals surface area contributed by atoms with E-state index in [1.54, 1.807) is 16.8 Å². The summed E-state index contributed by atoms with van der Waals surface area (Å²) in [6.07, 6.45) is -4.71. The third-order valence-corrected chi connectivity index (χ3v) is 3.27. The molecule has 0 aliphatic heterocycles. The lowest BCUT2D eigenvalue weighted by Crippen LogP contribution is -2.16. The molecule has 0 aliphatic carbocycles. The SMILES string of the molecule is N[C@H](c1ccsc1)c1cccc(C(F)(F)F)c1F. The average molecular weight is 275 g/mol. The van der Waals surface area contributed by atoms with E-state index in [-0.39, 0.29) is 5.56 Å². The Balaban J connectivity index is 2.47. The quantitative estimate of drug-likeness (QED) is 0.825. The second kappa shape index (κ2) is 4.70. The topological polar surface area (TPSA) is 26.0 Å². The molecule has 0 saturated heterocycles. The zero-order chi connectivity index (χ0) is 13.3. The van der Waals surface area contributed by atoms with E-state index >= 15 is 0 Å². The number of hydrogen-bond donors (Lipinski definition) is 1. The van der Waals surface area contributed by atoms with Gasteiger partial charge in [0.05, 0.1) is 11.6 Å². The fourth-order valence-electron chi connectivity index (χ4n) is 1.64. The number of benzene rings is 1. The van der Waals surface area contributed by atoms with Gasteiger partial charge in [-0.3, -0.25) is 0 Å². The fraction of sp³-hybridized carbons (Fsp3) is 0.167. The van der Waals surface area contributed by atoms with E-state index in [0.29, 0.717) is 11.6 Å². The highest BCUT2D eigenvalue weighted by atomic mass is 32.1. The van der Waals surface area contributed by atoms with E-state index in [0.717, 1.165) is 6.07 Å². The molecule has 2 aromatic rings. The first kappa shape index (κ1) is 13.0. The molecule has 1 aromatic heterocycles. The molecule has 96 valence electrons. The molecule has 0 fully saturated rings. The number of halogens is 4. The molecule has 2 N–H and O–H groups in total. The van der Waals surface area contributed by atoms with Crippen molar-refractivity contribution in [2.75, 3.05) is 0 Å². The maximum atomic E-state index is 13.8. The van der Waals surface area contributed by atoms with Gasteiger partial charge in [-0.2, -0.15) is 24.5 Å². The standard InChI is InChI=1S/C12H9F4NS/c13-10-8(11(17)7-4-5-18-6-7)2-1-3-9(10)12(14,15)16/h1-6,11H,17H2/t11-/m1/s1. The van der Waals surface area contributed by atoms with Crippen LogP contribution in [-0.4, -0.2) is 0 Å². The maximum absolute atomic E-state index is 13.8. The third kappa shape index (κ3) is 2.39. The first-order chi connectivity index (χ1) is 8.41. The van der Waals surface area contributed by atoms with Crippen molar-refractivity contribution in [2.45, 2.75) is 12.2 Å². The van der Waals surface area contributed by atoms with Crippen LogP contribution in [0, 0.1) is 5.82 Å². The highest BCUT2D eigenvalue weighted by Gasteiger charge is 2.35. The zero-order valence-corrected chi connectivity index (χ0v) is 9.86. The van der Waals surface area contributed by atoms with Gasteiger partial charge in [0, 0.05) is 5.56 Å². The van der Waals surface area contributed by atoms with E-state index in [2.05, 4.69) is 0 Å². The Hall–Kier alpha value is -1.40. The Morgan fingerprint density at radius 3 is 2.44 bits per heavy atom. The molecule has 0 amide bonds. The molecule has 1 aromatic carbocycles. The van der Waals surface area contributed by atoms with Crippen LogP contribution in [0.2, 0.25) is 0 Å². The predicted molar refractivity (Wildman–Crippen MR) is 61.8 cm³/mol. The largest absolute Gasteiger partial charge is 0.419 e. The second-order valence-corrected chi connectivity index (χ2v) is 4.52. The molecule has 18 heavy (non-hydrogen) atoms. The van der Waals surface area contributed by atoms with Gasteiger partial charge >= 0.3 is 6.18 Å². The first-order valence-electron chi connectivity index (χ1n) is 5.04. The number of rotatable bonds is 2. The minimum atomic E-state index is -4.71. The van der Waals surface area contributed by atoms with Crippen molar-refractivity contribution >= 4 is 11.3 Å². The van der Waals surface area contributed by atoms with Gasteiger partial charge < -0.3 is 5.73 Å². The molecule has 0 bridgehead atoms. The van der Waals surface area contributed by atoms with Gasteiger partial charge in [0.1, 0.15) is 5.82 Å². The predicted octanol–water partition coefficient (Wildman–Crippen LogP) is 3.95. The van der Waals surface area contributed by atoms with Gasteiger partial charge in [-0.15, -0.1) is 0 Å². The lowest BCUT2D eigenvalue weighted by atomic mass is 9.99. The third-order valence-electron chi connectivity index (χ3n) is 2.57. The Bertz CT molecular complexity index is 534. The van der Waals surface area contributed by atoms with Crippen LogP contribution >= 0.6 is 11.3 Å². The molecule has 1 nitrogen and oxygen atoms in total. The van der Waals surface area contributed by atoms with Gasteiger partial charge in [0.15, 0.2) is 0 Å². The Morgan fingerprint density at radius 1 is 1.17 bits per heavy atom. The van der Waals surface area contributed by atoms with Crippen molar-refractivity contribution in [1.29, 1.82) is 0 Å². The van der Waals surface area contributed by atoms with Crippen LogP contribution in [0.5, 0.6) is 0 Å². The molecule has 0 spiro atoms. The van der Waals surface area contributed by atoms with Crippen molar-refractivity contribution in [3.05, 3.63) is 57.5 Å². The van der Waals surface area contributed by atoms with Crippen LogP contribution in [0.15, 0.2) is 35.0 Å². The van der Waals surface area contributed by atoms with Crippen molar-refractivity contribution in [3.63, 3.8) is 0 Å². The lowest BCUT2D eigenvalue weighted by molar-refractivity contribution is -0.140. The van der Waals surface area contributed by atoms with Crippen LogP contribution in [0.25, 0.3) is 0 Å². The smallest absolute Gasteiger partial charge is 0.320 e. The molecule has 1 heterocycles. The lowest BCUT2D eigenvalue weighted by Gasteiger charge is -2.15. The summed E-state index contributed by atoms with van der Waals surface area (Å²) in [5, 5.41) is 3.42. The molecule has 0 saturated carbocycles. The molecular formula is C12H9F4NS. The summed E-state index contributed by atoms with van der Waals surface area (Å²) >= 11 is 1.35. The van der Waals surface area contributed by atoms with E-state index in [4.69, 9.17) is 5.73 Å². The van der Waals surface area contributed by atoms with E-state index in [1.165, 1.54) is 17.4 Å². The summed E-state index contributed by atoms with van der Waals surface area (Å²) < 4.78 is 51.5. The minimum Gasteiger partial charge on any atom is -0.320 e. The summed E-state index contributed by atoms with van der Waals surface area (Å²) in [6.45, 7) is 0. The molecule has 2 rings (SSSR count). The summed E-state index contributed by atoms with van der Waals surface area (Å²) in [4.78, 5) is 0. The van der Waals surface area contributed by atoms with Crippen LogP contribution in [-0.2, 0) is 6.18 Å². The van der Waals surface area contributed by atoms with Gasteiger partial charge in [-0.1, -0.05) is 12.1 Å². The van der Waals surface area contributed by atoms with Crippen molar-refractivity contribution in [1.82, 2.24) is 0 Å². The summed E-state index contributed by atoms with van der Waals surface area (Å²) in [5.74, 6) is -1.30. The van der Waals surface area contributed by atoms with E-state index in [9.17, 15) is 17.6 Å².